The van der Waals surface area contributed by atoms with Crippen LogP contribution in [0.15, 0.2) is 24.3 Å². The molecule has 0 bridgehead atoms. The Balaban J connectivity index is 2.47. The van der Waals surface area contributed by atoms with Gasteiger partial charge in [-0.3, -0.25) is 9.69 Å². The molecule has 0 saturated carbocycles. The van der Waals surface area contributed by atoms with Gasteiger partial charge in [-0.15, -0.1) is 0 Å². The fourth-order valence-electron chi connectivity index (χ4n) is 1.88. The Bertz CT molecular complexity index is 458. The molecule has 1 amide bonds. The summed E-state index contributed by atoms with van der Waals surface area (Å²) in [6.07, 6.45) is 0. The van der Waals surface area contributed by atoms with Crippen LogP contribution >= 0.6 is 0 Å². The largest absolute Gasteiger partial charge is 0.435 e. The average molecular weight is 302 g/mol. The van der Waals surface area contributed by atoms with Gasteiger partial charge in [-0.25, -0.2) is 0 Å². The molecule has 21 heavy (non-hydrogen) atoms. The molecule has 5 nitrogen and oxygen atoms in total. The molecular formula is C14H20F2N2O3. The molecular weight excluding hydrogens is 282 g/mol. The summed E-state index contributed by atoms with van der Waals surface area (Å²) in [5.74, 6) is -0.230. The maximum atomic E-state index is 12.0. The molecule has 0 heterocycles. The number of amides is 1. The smallest absolute Gasteiger partial charge is 0.387 e. The van der Waals surface area contributed by atoms with Crippen LogP contribution in [0.25, 0.3) is 0 Å². The number of rotatable bonds is 7. The molecule has 0 fully saturated rings. The number of ether oxygens (including phenoxy) is 1. The van der Waals surface area contributed by atoms with E-state index in [2.05, 4.69) is 10.1 Å². The highest BCUT2D eigenvalue weighted by atomic mass is 19.3. The lowest BCUT2D eigenvalue weighted by molar-refractivity contribution is -0.117. The van der Waals surface area contributed by atoms with E-state index in [1.807, 2.05) is 0 Å². The lowest BCUT2D eigenvalue weighted by atomic mass is 10.1. The molecule has 118 valence electrons. The van der Waals surface area contributed by atoms with Crippen LogP contribution in [0.5, 0.6) is 5.75 Å². The monoisotopic (exact) mass is 302 g/mol. The van der Waals surface area contributed by atoms with Crippen LogP contribution in [0.2, 0.25) is 0 Å². The van der Waals surface area contributed by atoms with Crippen molar-refractivity contribution >= 4 is 11.6 Å². The molecule has 0 aromatic heterocycles. The highest BCUT2D eigenvalue weighted by Crippen LogP contribution is 2.17. The highest BCUT2D eigenvalue weighted by molar-refractivity contribution is 5.92. The quantitative estimate of drug-likeness (QED) is 0.808. The van der Waals surface area contributed by atoms with Crippen molar-refractivity contribution in [2.45, 2.75) is 26.1 Å². The molecule has 1 rings (SSSR count). The van der Waals surface area contributed by atoms with Gasteiger partial charge in [0.05, 0.1) is 12.1 Å². The van der Waals surface area contributed by atoms with Gasteiger partial charge >= 0.3 is 6.61 Å². The first kappa shape index (κ1) is 17.3. The molecule has 0 aliphatic rings. The number of halogens is 2. The Morgan fingerprint density at radius 1 is 1.38 bits per heavy atom. The summed E-state index contributed by atoms with van der Waals surface area (Å²) >= 11 is 0. The van der Waals surface area contributed by atoms with Gasteiger partial charge < -0.3 is 15.2 Å². The minimum absolute atomic E-state index is 0.0298. The zero-order chi connectivity index (χ0) is 16.0. The van der Waals surface area contributed by atoms with Gasteiger partial charge in [-0.05, 0) is 45.2 Å². The summed E-state index contributed by atoms with van der Waals surface area (Å²) in [6.45, 7) is 0.897. The number of hydrogen-bond acceptors (Lipinski definition) is 4. The van der Waals surface area contributed by atoms with Crippen molar-refractivity contribution in [3.8, 4) is 5.75 Å². The Morgan fingerprint density at radius 2 is 1.95 bits per heavy atom. The number of carbonyl (C=O) groups excluding carboxylic acids is 1. The summed E-state index contributed by atoms with van der Waals surface area (Å²) in [5, 5.41) is 12.3. The topological polar surface area (TPSA) is 61.8 Å². The van der Waals surface area contributed by atoms with Crippen LogP contribution < -0.4 is 10.1 Å². The van der Waals surface area contributed by atoms with Gasteiger partial charge in [0.15, 0.2) is 0 Å². The van der Waals surface area contributed by atoms with Gasteiger partial charge in [0.25, 0.3) is 0 Å². The first-order valence-corrected chi connectivity index (χ1v) is 6.41. The molecule has 0 radical (unpaired) electrons. The fourth-order valence-corrected chi connectivity index (χ4v) is 1.88. The van der Waals surface area contributed by atoms with E-state index in [4.69, 9.17) is 0 Å². The molecule has 0 saturated heterocycles. The zero-order valence-electron chi connectivity index (χ0n) is 12.3. The first-order chi connectivity index (χ1) is 9.65. The van der Waals surface area contributed by atoms with Gasteiger partial charge in [0.1, 0.15) is 5.75 Å². The number of carbonyl (C=O) groups is 1. The van der Waals surface area contributed by atoms with Crippen LogP contribution in [0, 0.1) is 0 Å². The maximum Gasteiger partial charge on any atom is 0.387 e. The Labute approximate surface area is 122 Å². The summed E-state index contributed by atoms with van der Waals surface area (Å²) in [6, 6.07) is 5.65. The second-order valence-corrected chi connectivity index (χ2v) is 5.44. The molecule has 2 N–H and O–H groups in total. The number of nitrogens with zero attached hydrogens (tertiary/aromatic N) is 1. The molecule has 0 atom stereocenters. The van der Waals surface area contributed by atoms with E-state index in [0.717, 1.165) is 0 Å². The first-order valence-electron chi connectivity index (χ1n) is 6.41. The van der Waals surface area contributed by atoms with Crippen molar-refractivity contribution in [1.82, 2.24) is 4.90 Å². The van der Waals surface area contributed by atoms with E-state index < -0.39 is 12.2 Å². The Kier molecular flexibility index (Phi) is 6.04. The van der Waals surface area contributed by atoms with Gasteiger partial charge in [-0.1, -0.05) is 0 Å². The van der Waals surface area contributed by atoms with Crippen LogP contribution in [-0.4, -0.2) is 48.3 Å². The average Bonchev–Trinajstić information content (AvgIpc) is 2.28. The lowest BCUT2D eigenvalue weighted by Gasteiger charge is -2.24. The SMILES string of the molecule is CN(CC(=O)Nc1ccc(OC(F)F)cc1)CC(C)(C)O. The molecule has 0 spiro atoms. The van der Waals surface area contributed by atoms with Crippen molar-refractivity contribution in [3.05, 3.63) is 24.3 Å². The standard InChI is InChI=1S/C14H20F2N2O3/c1-14(2,20)9-18(3)8-12(19)17-10-4-6-11(7-5-10)21-13(15)16/h4-7,13,20H,8-9H2,1-3H3,(H,17,19). The van der Waals surface area contributed by atoms with Crippen LogP contribution in [0.4, 0.5) is 14.5 Å². The number of hydrogen-bond donors (Lipinski definition) is 2. The van der Waals surface area contributed by atoms with Crippen LogP contribution in [-0.2, 0) is 4.79 Å². The van der Waals surface area contributed by atoms with E-state index in [0.29, 0.717) is 12.2 Å². The number of alkyl halides is 2. The second-order valence-electron chi connectivity index (χ2n) is 5.44. The van der Waals surface area contributed by atoms with E-state index in [-0.39, 0.29) is 18.2 Å². The van der Waals surface area contributed by atoms with Crippen molar-refractivity contribution in [1.29, 1.82) is 0 Å². The second kappa shape index (κ2) is 7.33. The van der Waals surface area contributed by atoms with E-state index >= 15 is 0 Å². The molecule has 1 aromatic rings. The summed E-state index contributed by atoms with van der Waals surface area (Å²) in [5.41, 5.74) is -0.401. The molecule has 0 aliphatic heterocycles. The summed E-state index contributed by atoms with van der Waals surface area (Å²) < 4.78 is 28.2. The lowest BCUT2D eigenvalue weighted by Crippen LogP contribution is -2.40. The predicted octanol–water partition coefficient (Wildman–Crippen LogP) is 1.93. The van der Waals surface area contributed by atoms with Gasteiger partial charge in [0, 0.05) is 12.2 Å². The zero-order valence-corrected chi connectivity index (χ0v) is 12.3. The molecule has 0 unspecified atom stereocenters. The third kappa shape index (κ3) is 7.57. The third-order valence-corrected chi connectivity index (χ3v) is 2.43. The van der Waals surface area contributed by atoms with E-state index in [1.54, 1.807) is 25.8 Å². The number of aliphatic hydroxyl groups is 1. The number of benzene rings is 1. The third-order valence-electron chi connectivity index (χ3n) is 2.43. The fraction of sp³-hybridized carbons (Fsp3) is 0.500. The highest BCUT2D eigenvalue weighted by Gasteiger charge is 2.17. The maximum absolute atomic E-state index is 12.0. The van der Waals surface area contributed by atoms with Crippen molar-refractivity contribution in [2.24, 2.45) is 0 Å². The number of likely N-dealkylation sites (N-methyl/N-ethyl adjacent to an activating group) is 1. The molecule has 7 heteroatoms. The van der Waals surface area contributed by atoms with E-state index in [9.17, 15) is 18.7 Å². The summed E-state index contributed by atoms with van der Waals surface area (Å²) in [4.78, 5) is 13.5. The predicted molar refractivity (Wildman–Crippen MR) is 75.5 cm³/mol. The van der Waals surface area contributed by atoms with Crippen molar-refractivity contribution < 1.29 is 23.4 Å². The van der Waals surface area contributed by atoms with E-state index in [1.165, 1.54) is 24.3 Å². The normalized spacial score (nSPS) is 11.8. The molecule has 1 aromatic carbocycles. The Morgan fingerprint density at radius 3 is 2.43 bits per heavy atom. The minimum Gasteiger partial charge on any atom is -0.435 e. The number of nitrogens with one attached hydrogen (secondary N) is 1. The van der Waals surface area contributed by atoms with Crippen LogP contribution in [0.1, 0.15) is 13.8 Å². The van der Waals surface area contributed by atoms with Crippen molar-refractivity contribution in [3.63, 3.8) is 0 Å². The number of anilines is 1. The molecule has 0 aliphatic carbocycles. The van der Waals surface area contributed by atoms with Crippen molar-refractivity contribution in [2.75, 3.05) is 25.5 Å². The van der Waals surface area contributed by atoms with Gasteiger partial charge in [0.2, 0.25) is 5.91 Å². The van der Waals surface area contributed by atoms with Crippen LogP contribution in [0.3, 0.4) is 0 Å². The minimum atomic E-state index is -2.87. The summed E-state index contributed by atoms with van der Waals surface area (Å²) in [7, 11) is 1.72. The Hall–Kier alpha value is -1.73. The van der Waals surface area contributed by atoms with Gasteiger partial charge in [-0.2, -0.15) is 8.78 Å².